The standard InChI is InChI=1S/C18H21N7O3/c19-5-8-28-18(26)21-13-3-1-12(2-4-13)15-22-16-14(11-20-24-16)17(23-15)25-6-9-27-10-7-25/h1-4,11H,5-10,19H2,(H,21,26)(H,20,22,23,24). The van der Waals surface area contributed by atoms with Gasteiger partial charge in [-0.15, -0.1) is 0 Å². The molecule has 0 saturated carbocycles. The molecule has 10 nitrogen and oxygen atoms in total. The van der Waals surface area contributed by atoms with Crippen LogP contribution in [0.4, 0.5) is 16.3 Å². The minimum Gasteiger partial charge on any atom is -0.448 e. The van der Waals surface area contributed by atoms with Gasteiger partial charge in [-0.05, 0) is 24.3 Å². The Hall–Kier alpha value is -3.24. The summed E-state index contributed by atoms with van der Waals surface area (Å²) in [5.74, 6) is 1.42. The Morgan fingerprint density at radius 1 is 1.25 bits per heavy atom. The molecule has 1 aromatic carbocycles. The van der Waals surface area contributed by atoms with E-state index in [-0.39, 0.29) is 13.2 Å². The monoisotopic (exact) mass is 383 g/mol. The number of nitrogens with zero attached hydrogens (tertiary/aromatic N) is 4. The van der Waals surface area contributed by atoms with E-state index in [4.69, 9.17) is 20.2 Å². The number of anilines is 2. The zero-order valence-corrected chi connectivity index (χ0v) is 15.2. The fraction of sp³-hybridized carbons (Fsp3) is 0.333. The first-order valence-electron chi connectivity index (χ1n) is 9.02. The largest absolute Gasteiger partial charge is 0.448 e. The van der Waals surface area contributed by atoms with Gasteiger partial charge in [0.05, 0.1) is 24.8 Å². The second-order valence-corrected chi connectivity index (χ2v) is 6.23. The van der Waals surface area contributed by atoms with Gasteiger partial charge in [0.2, 0.25) is 0 Å². The Labute approximate surface area is 161 Å². The molecule has 10 heteroatoms. The van der Waals surface area contributed by atoms with E-state index >= 15 is 0 Å². The van der Waals surface area contributed by atoms with Gasteiger partial charge in [-0.25, -0.2) is 14.8 Å². The van der Waals surface area contributed by atoms with Crippen molar-refractivity contribution >= 4 is 28.6 Å². The summed E-state index contributed by atoms with van der Waals surface area (Å²) in [6.45, 7) is 3.32. The highest BCUT2D eigenvalue weighted by molar-refractivity contribution is 5.88. The number of H-pyrrole nitrogens is 1. The lowest BCUT2D eigenvalue weighted by Crippen LogP contribution is -2.37. The van der Waals surface area contributed by atoms with Crippen LogP contribution in [0, 0.1) is 0 Å². The second-order valence-electron chi connectivity index (χ2n) is 6.23. The first kappa shape index (κ1) is 18.1. The zero-order valence-electron chi connectivity index (χ0n) is 15.2. The molecule has 28 heavy (non-hydrogen) atoms. The Kier molecular flexibility index (Phi) is 5.31. The maximum atomic E-state index is 11.6. The first-order valence-corrected chi connectivity index (χ1v) is 9.02. The van der Waals surface area contributed by atoms with Crippen LogP contribution in [0.3, 0.4) is 0 Å². The molecule has 0 aliphatic carbocycles. The molecule has 1 saturated heterocycles. The van der Waals surface area contributed by atoms with Crippen molar-refractivity contribution in [3.63, 3.8) is 0 Å². The van der Waals surface area contributed by atoms with Crippen LogP contribution in [0.1, 0.15) is 0 Å². The van der Waals surface area contributed by atoms with E-state index in [1.165, 1.54) is 0 Å². The molecule has 0 unspecified atom stereocenters. The van der Waals surface area contributed by atoms with E-state index in [1.807, 2.05) is 12.1 Å². The lowest BCUT2D eigenvalue weighted by Gasteiger charge is -2.28. The van der Waals surface area contributed by atoms with Crippen molar-refractivity contribution in [1.29, 1.82) is 0 Å². The maximum Gasteiger partial charge on any atom is 0.411 e. The van der Waals surface area contributed by atoms with Gasteiger partial charge in [0.1, 0.15) is 12.4 Å². The second kappa shape index (κ2) is 8.19. The topological polar surface area (TPSA) is 131 Å². The fourth-order valence-electron chi connectivity index (χ4n) is 2.97. The molecule has 2 aromatic heterocycles. The van der Waals surface area contributed by atoms with E-state index < -0.39 is 6.09 Å². The molecule has 0 atom stereocenters. The number of carbonyl (C=O) groups is 1. The third kappa shape index (κ3) is 3.87. The average Bonchev–Trinajstić information content (AvgIpc) is 3.21. The number of morpholine rings is 1. The van der Waals surface area contributed by atoms with Crippen molar-refractivity contribution in [3.8, 4) is 11.4 Å². The minimum absolute atomic E-state index is 0.173. The van der Waals surface area contributed by atoms with Crippen LogP contribution in [0.15, 0.2) is 30.5 Å². The van der Waals surface area contributed by atoms with Crippen molar-refractivity contribution in [2.45, 2.75) is 0 Å². The van der Waals surface area contributed by atoms with E-state index in [0.29, 0.717) is 30.4 Å². The summed E-state index contributed by atoms with van der Waals surface area (Å²) in [5, 5.41) is 10.6. The van der Waals surface area contributed by atoms with Gasteiger partial charge in [0, 0.05) is 30.9 Å². The first-order chi connectivity index (χ1) is 13.7. The van der Waals surface area contributed by atoms with Crippen LogP contribution in [-0.2, 0) is 9.47 Å². The van der Waals surface area contributed by atoms with Gasteiger partial charge >= 0.3 is 6.09 Å². The summed E-state index contributed by atoms with van der Waals surface area (Å²) in [6, 6.07) is 7.24. The maximum absolute atomic E-state index is 11.6. The number of ether oxygens (including phenoxy) is 2. The summed E-state index contributed by atoms with van der Waals surface area (Å²) in [4.78, 5) is 23.1. The molecule has 4 rings (SSSR count). The quantitative estimate of drug-likeness (QED) is 0.602. The number of aromatic nitrogens is 4. The number of nitrogens with two attached hydrogens (primary N) is 1. The summed E-state index contributed by atoms with van der Waals surface area (Å²) in [5.41, 5.74) is 7.43. The Balaban J connectivity index is 1.59. The number of hydrogen-bond donors (Lipinski definition) is 3. The highest BCUT2D eigenvalue weighted by Gasteiger charge is 2.19. The van der Waals surface area contributed by atoms with Gasteiger partial charge in [-0.1, -0.05) is 0 Å². The van der Waals surface area contributed by atoms with Gasteiger partial charge in [-0.2, -0.15) is 5.10 Å². The Morgan fingerprint density at radius 2 is 2.04 bits per heavy atom. The van der Waals surface area contributed by atoms with Crippen LogP contribution in [0.2, 0.25) is 0 Å². The molecular formula is C18H21N7O3. The molecule has 4 N–H and O–H groups in total. The molecule has 0 spiro atoms. The molecule has 1 aliphatic rings. The van der Waals surface area contributed by atoms with Gasteiger partial charge in [-0.3, -0.25) is 10.4 Å². The Morgan fingerprint density at radius 3 is 2.79 bits per heavy atom. The van der Waals surface area contributed by atoms with Gasteiger partial charge in [0.25, 0.3) is 0 Å². The van der Waals surface area contributed by atoms with Crippen LogP contribution >= 0.6 is 0 Å². The molecule has 0 radical (unpaired) electrons. The molecule has 1 fully saturated rings. The third-order valence-electron chi connectivity index (χ3n) is 4.34. The number of fused-ring (bicyclic) bond motifs is 1. The highest BCUT2D eigenvalue weighted by atomic mass is 16.5. The van der Waals surface area contributed by atoms with E-state index in [1.54, 1.807) is 18.3 Å². The van der Waals surface area contributed by atoms with Crippen LogP contribution in [0.25, 0.3) is 22.4 Å². The van der Waals surface area contributed by atoms with E-state index in [2.05, 4.69) is 25.4 Å². The summed E-state index contributed by atoms with van der Waals surface area (Å²) >= 11 is 0. The molecule has 1 amide bonds. The highest BCUT2D eigenvalue weighted by Crippen LogP contribution is 2.27. The molecule has 1 aliphatic heterocycles. The predicted octanol–water partition coefficient (Wildman–Crippen LogP) is 1.36. The number of aromatic amines is 1. The molecule has 3 aromatic rings. The smallest absolute Gasteiger partial charge is 0.411 e. The average molecular weight is 383 g/mol. The number of benzene rings is 1. The van der Waals surface area contributed by atoms with E-state index in [9.17, 15) is 4.79 Å². The molecule has 3 heterocycles. The van der Waals surface area contributed by atoms with Gasteiger partial charge < -0.3 is 20.1 Å². The predicted molar refractivity (Wildman–Crippen MR) is 104 cm³/mol. The number of rotatable bonds is 5. The van der Waals surface area contributed by atoms with Crippen LogP contribution in [-0.4, -0.2) is 65.7 Å². The summed E-state index contributed by atoms with van der Waals surface area (Å²) in [6.07, 6.45) is 1.20. The lowest BCUT2D eigenvalue weighted by atomic mass is 10.2. The van der Waals surface area contributed by atoms with Crippen molar-refractivity contribution in [2.75, 3.05) is 49.7 Å². The SMILES string of the molecule is NCCOC(=O)Nc1ccc(-c2nc(N3CCOCC3)c3cn[nH]c3n2)cc1. The Bertz CT molecular complexity index is 951. The van der Waals surface area contributed by atoms with Crippen molar-refractivity contribution in [2.24, 2.45) is 5.73 Å². The normalized spacial score (nSPS) is 14.2. The lowest BCUT2D eigenvalue weighted by molar-refractivity contribution is 0.122. The fourth-order valence-corrected chi connectivity index (χ4v) is 2.97. The van der Waals surface area contributed by atoms with Crippen LogP contribution in [0.5, 0.6) is 0 Å². The van der Waals surface area contributed by atoms with E-state index in [0.717, 1.165) is 29.9 Å². The molecule has 146 valence electrons. The molecule has 0 bridgehead atoms. The summed E-state index contributed by atoms with van der Waals surface area (Å²) in [7, 11) is 0. The van der Waals surface area contributed by atoms with Crippen molar-refractivity contribution in [3.05, 3.63) is 30.5 Å². The summed E-state index contributed by atoms with van der Waals surface area (Å²) < 4.78 is 10.3. The number of nitrogens with one attached hydrogen (secondary N) is 2. The number of carbonyl (C=O) groups excluding carboxylic acids is 1. The van der Waals surface area contributed by atoms with Crippen molar-refractivity contribution < 1.29 is 14.3 Å². The molecular weight excluding hydrogens is 362 g/mol. The third-order valence-corrected chi connectivity index (χ3v) is 4.34. The number of hydrogen-bond acceptors (Lipinski definition) is 8. The number of amides is 1. The minimum atomic E-state index is -0.539. The van der Waals surface area contributed by atoms with Gasteiger partial charge in [0.15, 0.2) is 11.5 Å². The zero-order chi connectivity index (χ0) is 19.3. The van der Waals surface area contributed by atoms with Crippen molar-refractivity contribution in [1.82, 2.24) is 20.2 Å². The van der Waals surface area contributed by atoms with Crippen LogP contribution < -0.4 is 16.0 Å².